The molecule has 2 aromatic carbocycles. The molecule has 1 fully saturated rings. The SMILES string of the molecule is C.CCOC(=O)c1cn(C)c2cc(C3OCCO3)ccc2c1=O.CCOC(=O)c1cn(C)c2cc(C=O)ccc2c1=O. The summed E-state index contributed by atoms with van der Waals surface area (Å²) >= 11 is 0. The van der Waals surface area contributed by atoms with Gasteiger partial charge < -0.3 is 28.1 Å². The van der Waals surface area contributed by atoms with E-state index in [9.17, 15) is 24.0 Å². The Labute approximate surface area is 242 Å². The predicted molar refractivity (Wildman–Crippen MR) is 157 cm³/mol. The summed E-state index contributed by atoms with van der Waals surface area (Å²) < 4.78 is 24.1. The molecular weight excluding hydrogens is 544 g/mol. The fourth-order valence-electron chi connectivity index (χ4n) is 4.48. The number of carbonyl (C=O) groups excluding carboxylic acids is 3. The van der Waals surface area contributed by atoms with Gasteiger partial charge in [-0.25, -0.2) is 9.59 Å². The number of aldehydes is 1. The van der Waals surface area contributed by atoms with E-state index >= 15 is 0 Å². The van der Waals surface area contributed by atoms with E-state index < -0.39 is 18.2 Å². The second kappa shape index (κ2) is 13.8. The molecule has 0 saturated carbocycles. The van der Waals surface area contributed by atoms with E-state index in [0.717, 1.165) is 11.1 Å². The zero-order valence-corrected chi connectivity index (χ0v) is 23.2. The molecule has 2 aromatic heterocycles. The van der Waals surface area contributed by atoms with E-state index in [-0.39, 0.29) is 42.6 Å². The number of aromatic nitrogens is 2. The third-order valence-electron chi connectivity index (χ3n) is 6.45. The van der Waals surface area contributed by atoms with Crippen LogP contribution in [0.25, 0.3) is 21.8 Å². The van der Waals surface area contributed by atoms with Gasteiger partial charge in [-0.15, -0.1) is 0 Å². The van der Waals surface area contributed by atoms with Gasteiger partial charge in [-0.05, 0) is 38.1 Å². The van der Waals surface area contributed by atoms with E-state index in [2.05, 4.69) is 0 Å². The van der Waals surface area contributed by atoms with Gasteiger partial charge in [0.05, 0.1) is 37.5 Å². The summed E-state index contributed by atoms with van der Waals surface area (Å²) in [7, 11) is 3.49. The van der Waals surface area contributed by atoms with Crippen LogP contribution in [0.3, 0.4) is 0 Å². The van der Waals surface area contributed by atoms with Crippen LogP contribution in [-0.2, 0) is 33.0 Å². The fraction of sp³-hybridized carbons (Fsp3) is 0.323. The highest BCUT2D eigenvalue weighted by atomic mass is 16.7. The molecule has 3 heterocycles. The molecule has 0 N–H and O–H groups in total. The first-order chi connectivity index (χ1) is 19.7. The van der Waals surface area contributed by atoms with Crippen LogP contribution in [0.4, 0.5) is 0 Å². The lowest BCUT2D eigenvalue weighted by Crippen LogP contribution is -2.20. The Kier molecular flexibility index (Phi) is 10.5. The maximum Gasteiger partial charge on any atom is 0.343 e. The molecule has 1 aliphatic rings. The van der Waals surface area contributed by atoms with Crippen molar-refractivity contribution < 1.29 is 33.3 Å². The van der Waals surface area contributed by atoms with Crippen molar-refractivity contribution in [2.75, 3.05) is 26.4 Å². The molecule has 11 heteroatoms. The largest absolute Gasteiger partial charge is 0.462 e. The molecular formula is C31H34N2O9. The third-order valence-corrected chi connectivity index (χ3v) is 6.45. The van der Waals surface area contributed by atoms with Crippen molar-refractivity contribution in [2.45, 2.75) is 27.6 Å². The minimum atomic E-state index is -0.635. The molecule has 0 bridgehead atoms. The summed E-state index contributed by atoms with van der Waals surface area (Å²) in [6.45, 7) is 4.95. The van der Waals surface area contributed by atoms with E-state index in [1.54, 1.807) is 67.4 Å². The number of hydrogen-bond donors (Lipinski definition) is 0. The van der Waals surface area contributed by atoms with Crippen LogP contribution in [0.2, 0.25) is 0 Å². The van der Waals surface area contributed by atoms with Crippen molar-refractivity contribution in [1.29, 1.82) is 0 Å². The average molecular weight is 579 g/mol. The Morgan fingerprint density at radius 1 is 0.833 bits per heavy atom. The summed E-state index contributed by atoms with van der Waals surface area (Å²) in [6, 6.07) is 10.0. The predicted octanol–water partition coefficient (Wildman–Crippen LogP) is 3.92. The Hall–Kier alpha value is -4.61. The number of benzene rings is 2. The number of hydrogen-bond acceptors (Lipinski definition) is 9. The third kappa shape index (κ3) is 6.48. The van der Waals surface area contributed by atoms with Crippen LogP contribution in [-0.4, -0.2) is 53.8 Å². The highest BCUT2D eigenvalue weighted by Gasteiger charge is 2.21. The molecule has 42 heavy (non-hydrogen) atoms. The van der Waals surface area contributed by atoms with Crippen molar-refractivity contribution in [3.8, 4) is 0 Å². The first-order valence-corrected chi connectivity index (χ1v) is 13.0. The monoisotopic (exact) mass is 578 g/mol. The Balaban J connectivity index is 0.000000228. The molecule has 0 spiro atoms. The van der Waals surface area contributed by atoms with E-state index in [1.165, 1.54) is 12.4 Å². The zero-order valence-electron chi connectivity index (χ0n) is 23.2. The number of ether oxygens (including phenoxy) is 4. The number of carbonyl (C=O) groups is 3. The minimum Gasteiger partial charge on any atom is -0.462 e. The Morgan fingerprint density at radius 3 is 1.79 bits per heavy atom. The summed E-state index contributed by atoms with van der Waals surface area (Å²) in [6.07, 6.45) is 3.24. The maximum absolute atomic E-state index is 12.5. The van der Waals surface area contributed by atoms with Crippen LogP contribution in [0, 0.1) is 0 Å². The van der Waals surface area contributed by atoms with Crippen molar-refractivity contribution in [3.05, 3.63) is 91.5 Å². The van der Waals surface area contributed by atoms with Gasteiger partial charge >= 0.3 is 11.9 Å². The van der Waals surface area contributed by atoms with Gasteiger partial charge in [0.25, 0.3) is 0 Å². The normalized spacial score (nSPS) is 12.8. The topological polar surface area (TPSA) is 132 Å². The number of pyridine rings is 2. The zero-order chi connectivity index (χ0) is 29.7. The number of aryl methyl sites for hydroxylation is 2. The molecule has 0 aliphatic carbocycles. The molecule has 222 valence electrons. The van der Waals surface area contributed by atoms with Crippen LogP contribution >= 0.6 is 0 Å². The van der Waals surface area contributed by atoms with E-state index in [0.29, 0.717) is 41.4 Å². The first-order valence-electron chi connectivity index (χ1n) is 13.0. The van der Waals surface area contributed by atoms with E-state index in [1.807, 2.05) is 6.07 Å². The number of nitrogens with zero attached hydrogens (tertiary/aromatic N) is 2. The molecule has 0 unspecified atom stereocenters. The van der Waals surface area contributed by atoms with Gasteiger partial charge in [0.1, 0.15) is 17.4 Å². The molecule has 1 aliphatic heterocycles. The van der Waals surface area contributed by atoms with Crippen molar-refractivity contribution >= 4 is 40.0 Å². The average Bonchev–Trinajstić information content (AvgIpc) is 3.52. The van der Waals surface area contributed by atoms with Gasteiger partial charge in [-0.2, -0.15) is 0 Å². The second-order valence-electron chi connectivity index (χ2n) is 9.15. The lowest BCUT2D eigenvalue weighted by atomic mass is 10.1. The van der Waals surface area contributed by atoms with Gasteiger partial charge in [-0.3, -0.25) is 14.4 Å². The maximum atomic E-state index is 12.5. The number of fused-ring (bicyclic) bond motifs is 2. The van der Waals surface area contributed by atoms with Gasteiger partial charge in [-0.1, -0.05) is 19.6 Å². The minimum absolute atomic E-state index is 0. The van der Waals surface area contributed by atoms with Crippen LogP contribution in [0.1, 0.15) is 64.2 Å². The molecule has 4 aromatic rings. The lowest BCUT2D eigenvalue weighted by molar-refractivity contribution is -0.0440. The first kappa shape index (κ1) is 31.9. The van der Waals surface area contributed by atoms with Gasteiger partial charge in [0.15, 0.2) is 6.29 Å². The van der Waals surface area contributed by atoms with Gasteiger partial charge in [0.2, 0.25) is 10.9 Å². The smallest absolute Gasteiger partial charge is 0.343 e. The Morgan fingerprint density at radius 2 is 1.31 bits per heavy atom. The Bertz CT molecular complexity index is 1750. The summed E-state index contributed by atoms with van der Waals surface area (Å²) in [5, 5.41) is 0.855. The standard InChI is InChI=1S/C16H17NO5.C14H13NO4.CH4/c1-3-20-15(19)12-9-17(2)13-8-10(16-21-6-7-22-16)4-5-11(13)14(12)18;1-3-19-14(18)11-7-15(2)12-6-9(8-16)4-5-10(12)13(11)17;/h4-5,8-9,16H,3,6-7H2,1-2H3;4-8H,3H2,1-2H3;1H4. The van der Waals surface area contributed by atoms with Crippen molar-refractivity contribution in [2.24, 2.45) is 14.1 Å². The highest BCUT2D eigenvalue weighted by molar-refractivity contribution is 5.95. The molecule has 0 amide bonds. The number of esters is 2. The van der Waals surface area contributed by atoms with Crippen molar-refractivity contribution in [1.82, 2.24) is 9.13 Å². The van der Waals surface area contributed by atoms with Crippen molar-refractivity contribution in [3.63, 3.8) is 0 Å². The second-order valence-corrected chi connectivity index (χ2v) is 9.15. The van der Waals surface area contributed by atoms with E-state index in [4.69, 9.17) is 18.9 Å². The van der Waals surface area contributed by atoms with Crippen LogP contribution < -0.4 is 10.9 Å². The summed E-state index contributed by atoms with van der Waals surface area (Å²) in [5.74, 6) is -1.24. The summed E-state index contributed by atoms with van der Waals surface area (Å²) in [4.78, 5) is 58.9. The van der Waals surface area contributed by atoms with Crippen LogP contribution in [0.15, 0.2) is 58.4 Å². The molecule has 0 radical (unpaired) electrons. The molecule has 1 saturated heterocycles. The fourth-order valence-corrected chi connectivity index (χ4v) is 4.48. The highest BCUT2D eigenvalue weighted by Crippen LogP contribution is 2.25. The quantitative estimate of drug-likeness (QED) is 0.247. The molecule has 0 atom stereocenters. The van der Waals surface area contributed by atoms with Gasteiger partial charge in [0, 0.05) is 48.4 Å². The lowest BCUT2D eigenvalue weighted by Gasteiger charge is -2.13. The summed E-state index contributed by atoms with van der Waals surface area (Å²) in [5.41, 5.74) is 1.97. The number of rotatable bonds is 6. The molecule has 5 rings (SSSR count). The van der Waals surface area contributed by atoms with Crippen LogP contribution in [0.5, 0.6) is 0 Å². The molecule has 11 nitrogen and oxygen atoms in total.